The van der Waals surface area contributed by atoms with E-state index in [1.54, 1.807) is 31.2 Å². The third-order valence-electron chi connectivity index (χ3n) is 3.85. The molecule has 0 aromatic heterocycles. The largest absolute Gasteiger partial charge is 0.484 e. The van der Waals surface area contributed by atoms with E-state index in [4.69, 9.17) is 9.47 Å². The summed E-state index contributed by atoms with van der Waals surface area (Å²) in [5, 5.41) is 2.63. The second kappa shape index (κ2) is 9.70. The van der Waals surface area contributed by atoms with Gasteiger partial charge in [-0.15, -0.1) is 0 Å². The summed E-state index contributed by atoms with van der Waals surface area (Å²) in [6.45, 7) is 5.38. The second-order valence-electron chi connectivity index (χ2n) is 5.54. The maximum Gasteiger partial charge on any atom is 0.328 e. The lowest BCUT2D eigenvalue weighted by atomic mass is 9.99. The van der Waals surface area contributed by atoms with Crippen molar-refractivity contribution in [1.82, 2.24) is 5.32 Å². The third kappa shape index (κ3) is 5.68. The van der Waals surface area contributed by atoms with E-state index >= 15 is 0 Å². The number of benzene rings is 1. The van der Waals surface area contributed by atoms with Crippen LogP contribution < -0.4 is 10.1 Å². The highest BCUT2D eigenvalue weighted by Crippen LogP contribution is 2.14. The fraction of sp³-hybridized carbons (Fsp3) is 0.500. The van der Waals surface area contributed by atoms with Crippen LogP contribution in [0.15, 0.2) is 24.3 Å². The molecule has 0 aliphatic rings. The number of ether oxygens (including phenoxy) is 2. The molecule has 1 N–H and O–H groups in total. The molecule has 2 atom stereocenters. The molecule has 0 radical (unpaired) electrons. The van der Waals surface area contributed by atoms with Crippen LogP contribution in [0.25, 0.3) is 0 Å². The second-order valence-corrected chi connectivity index (χ2v) is 5.54. The molecule has 1 amide bonds. The van der Waals surface area contributed by atoms with Crippen LogP contribution >= 0.6 is 0 Å². The summed E-state index contributed by atoms with van der Waals surface area (Å²) in [6, 6.07) is 5.91. The van der Waals surface area contributed by atoms with Gasteiger partial charge in [0, 0.05) is 12.0 Å². The molecule has 0 saturated heterocycles. The molecular formula is C18H25NO5. The number of esters is 1. The first-order valence-electron chi connectivity index (χ1n) is 8.06. The minimum atomic E-state index is -0.694. The molecule has 0 spiro atoms. The number of Topliss-reactive ketones (excluding diaryl/α,β-unsaturated/α-hetero) is 1. The maximum atomic E-state index is 12.0. The summed E-state index contributed by atoms with van der Waals surface area (Å²) < 4.78 is 10.1. The smallest absolute Gasteiger partial charge is 0.328 e. The molecule has 24 heavy (non-hydrogen) atoms. The quantitative estimate of drug-likeness (QED) is 0.553. The number of hydrogen-bond acceptors (Lipinski definition) is 5. The molecule has 6 heteroatoms. The van der Waals surface area contributed by atoms with E-state index < -0.39 is 17.9 Å². The van der Waals surface area contributed by atoms with E-state index in [-0.39, 0.29) is 18.3 Å². The molecule has 1 aromatic carbocycles. The lowest BCUT2D eigenvalue weighted by Gasteiger charge is -2.21. The molecule has 6 nitrogen and oxygen atoms in total. The van der Waals surface area contributed by atoms with E-state index in [2.05, 4.69) is 5.32 Å². The number of carbonyl (C=O) groups excluding carboxylic acids is 3. The van der Waals surface area contributed by atoms with Gasteiger partial charge >= 0.3 is 5.97 Å². The van der Waals surface area contributed by atoms with Gasteiger partial charge < -0.3 is 14.8 Å². The Hall–Kier alpha value is -2.37. The fourth-order valence-corrected chi connectivity index (χ4v) is 2.10. The first-order chi connectivity index (χ1) is 11.4. The number of ketones is 1. The van der Waals surface area contributed by atoms with Crippen molar-refractivity contribution < 1.29 is 23.9 Å². The van der Waals surface area contributed by atoms with Crippen LogP contribution in [0, 0.1) is 5.92 Å². The van der Waals surface area contributed by atoms with Crippen molar-refractivity contribution in [1.29, 1.82) is 0 Å². The van der Waals surface area contributed by atoms with Gasteiger partial charge in [0.15, 0.2) is 12.4 Å². The van der Waals surface area contributed by atoms with Crippen molar-refractivity contribution in [3.05, 3.63) is 29.8 Å². The normalized spacial score (nSPS) is 12.8. The first-order valence-corrected chi connectivity index (χ1v) is 8.06. The van der Waals surface area contributed by atoms with Crippen molar-refractivity contribution in [3.8, 4) is 5.75 Å². The lowest BCUT2D eigenvalue weighted by molar-refractivity contribution is -0.146. The molecular weight excluding hydrogens is 310 g/mol. The Balaban J connectivity index is 2.58. The fourth-order valence-electron chi connectivity index (χ4n) is 2.10. The third-order valence-corrected chi connectivity index (χ3v) is 3.85. The Bertz CT molecular complexity index is 567. The number of carbonyl (C=O) groups is 3. The molecule has 0 heterocycles. The Morgan fingerprint density at radius 1 is 1.12 bits per heavy atom. The number of hydrogen-bond donors (Lipinski definition) is 1. The molecule has 0 bridgehead atoms. The summed E-state index contributed by atoms with van der Waals surface area (Å²) >= 11 is 0. The topological polar surface area (TPSA) is 81.7 Å². The summed E-state index contributed by atoms with van der Waals surface area (Å²) in [5.74, 6) is -0.384. The summed E-state index contributed by atoms with van der Waals surface area (Å²) in [7, 11) is 1.29. The van der Waals surface area contributed by atoms with Gasteiger partial charge in [0.2, 0.25) is 0 Å². The van der Waals surface area contributed by atoms with Gasteiger partial charge in [0.25, 0.3) is 5.91 Å². The molecule has 0 saturated carbocycles. The van der Waals surface area contributed by atoms with Gasteiger partial charge in [-0.05, 0) is 30.2 Å². The van der Waals surface area contributed by atoms with E-state index in [1.807, 2.05) is 13.8 Å². The van der Waals surface area contributed by atoms with Gasteiger partial charge in [0.1, 0.15) is 11.8 Å². The van der Waals surface area contributed by atoms with Crippen LogP contribution in [0.3, 0.4) is 0 Å². The summed E-state index contributed by atoms with van der Waals surface area (Å²) in [6.07, 6.45) is 1.17. The molecule has 0 aliphatic heterocycles. The molecule has 132 valence electrons. The van der Waals surface area contributed by atoms with Gasteiger partial charge in [-0.3, -0.25) is 9.59 Å². The van der Waals surface area contributed by atoms with Crippen molar-refractivity contribution in [2.45, 2.75) is 39.7 Å². The van der Waals surface area contributed by atoms with E-state index in [9.17, 15) is 14.4 Å². The number of amides is 1. The predicted molar refractivity (Wildman–Crippen MR) is 90.0 cm³/mol. The standard InChI is InChI=1S/C18H25NO5/c1-5-12(3)17(18(22)23-4)19-16(21)11-24-14-9-7-13(8-10-14)15(20)6-2/h7-10,12,17H,5-6,11H2,1-4H3,(H,19,21)/t12-,17-/m1/s1. The Morgan fingerprint density at radius 3 is 2.25 bits per heavy atom. The summed E-state index contributed by atoms with van der Waals surface area (Å²) in [4.78, 5) is 35.3. The van der Waals surface area contributed by atoms with Crippen molar-refractivity contribution in [2.24, 2.45) is 5.92 Å². The Labute approximate surface area is 142 Å². The van der Waals surface area contributed by atoms with Crippen molar-refractivity contribution in [2.75, 3.05) is 13.7 Å². The number of nitrogens with one attached hydrogen (secondary N) is 1. The van der Waals surface area contributed by atoms with Gasteiger partial charge in [-0.1, -0.05) is 27.2 Å². The van der Waals surface area contributed by atoms with Crippen molar-refractivity contribution in [3.63, 3.8) is 0 Å². The zero-order valence-corrected chi connectivity index (χ0v) is 14.6. The average Bonchev–Trinajstić information content (AvgIpc) is 2.62. The van der Waals surface area contributed by atoms with Gasteiger partial charge in [0.05, 0.1) is 7.11 Å². The summed E-state index contributed by atoms with van der Waals surface area (Å²) in [5.41, 5.74) is 0.608. The number of methoxy groups -OCH3 is 1. The zero-order chi connectivity index (χ0) is 18.1. The minimum Gasteiger partial charge on any atom is -0.484 e. The van der Waals surface area contributed by atoms with Crippen molar-refractivity contribution >= 4 is 17.7 Å². The molecule has 0 fully saturated rings. The van der Waals surface area contributed by atoms with Crippen LogP contribution in [0.1, 0.15) is 44.0 Å². The molecule has 1 rings (SSSR count). The lowest BCUT2D eigenvalue weighted by Crippen LogP contribution is -2.47. The highest BCUT2D eigenvalue weighted by Gasteiger charge is 2.26. The molecule has 1 aromatic rings. The zero-order valence-electron chi connectivity index (χ0n) is 14.6. The maximum absolute atomic E-state index is 12.0. The Kier molecular flexibility index (Phi) is 7.95. The molecule has 0 aliphatic carbocycles. The predicted octanol–water partition coefficient (Wildman–Crippen LogP) is 2.36. The first kappa shape index (κ1) is 19.7. The highest BCUT2D eigenvalue weighted by molar-refractivity contribution is 5.95. The van der Waals surface area contributed by atoms with Gasteiger partial charge in [-0.2, -0.15) is 0 Å². The van der Waals surface area contributed by atoms with E-state index in [0.29, 0.717) is 17.7 Å². The minimum absolute atomic E-state index is 0.0410. The Morgan fingerprint density at radius 2 is 1.75 bits per heavy atom. The highest BCUT2D eigenvalue weighted by atomic mass is 16.5. The van der Waals surface area contributed by atoms with Crippen LogP contribution in [-0.2, 0) is 14.3 Å². The van der Waals surface area contributed by atoms with E-state index in [0.717, 1.165) is 6.42 Å². The van der Waals surface area contributed by atoms with Crippen LogP contribution in [-0.4, -0.2) is 37.4 Å². The van der Waals surface area contributed by atoms with Crippen LogP contribution in [0.4, 0.5) is 0 Å². The average molecular weight is 335 g/mol. The van der Waals surface area contributed by atoms with Gasteiger partial charge in [-0.25, -0.2) is 4.79 Å². The van der Waals surface area contributed by atoms with Crippen LogP contribution in [0.2, 0.25) is 0 Å². The monoisotopic (exact) mass is 335 g/mol. The molecule has 0 unspecified atom stereocenters. The van der Waals surface area contributed by atoms with E-state index in [1.165, 1.54) is 7.11 Å². The number of rotatable bonds is 9. The SMILES string of the molecule is CCC(=O)c1ccc(OCC(=O)N[C@@H](C(=O)OC)[C@H](C)CC)cc1. The van der Waals surface area contributed by atoms with Crippen LogP contribution in [0.5, 0.6) is 5.75 Å².